The zero-order valence-electron chi connectivity index (χ0n) is 9.71. The van der Waals surface area contributed by atoms with Gasteiger partial charge in [0.25, 0.3) is 0 Å². The maximum atomic E-state index is 11.2. The van der Waals surface area contributed by atoms with Gasteiger partial charge in [-0.25, -0.2) is 4.79 Å². The first-order chi connectivity index (χ1) is 7.54. The van der Waals surface area contributed by atoms with Crippen molar-refractivity contribution in [3.63, 3.8) is 0 Å². The number of aryl methyl sites for hydroxylation is 2. The van der Waals surface area contributed by atoms with Gasteiger partial charge in [-0.05, 0) is 55.7 Å². The second kappa shape index (κ2) is 5.85. The van der Waals surface area contributed by atoms with Crippen LogP contribution >= 0.6 is 15.9 Å². The molecule has 0 bridgehead atoms. The van der Waals surface area contributed by atoms with Crippen molar-refractivity contribution in [1.82, 2.24) is 0 Å². The third-order valence-electron chi connectivity index (χ3n) is 2.23. The summed E-state index contributed by atoms with van der Waals surface area (Å²) in [6, 6.07) is 4.05. The van der Waals surface area contributed by atoms with Crippen LogP contribution in [-0.2, 0) is 9.53 Å². The lowest BCUT2D eigenvalue weighted by molar-refractivity contribution is -0.137. The topological polar surface area (TPSA) is 26.3 Å². The summed E-state index contributed by atoms with van der Waals surface area (Å²) in [6.45, 7) is 6.23. The number of carbonyl (C=O) groups excluding carboxylic acids is 1. The van der Waals surface area contributed by atoms with Gasteiger partial charge < -0.3 is 4.74 Å². The number of esters is 1. The predicted octanol–water partition coefficient (Wildman–Crippen LogP) is 3.64. The monoisotopic (exact) mass is 282 g/mol. The van der Waals surface area contributed by atoms with Crippen LogP contribution in [0.15, 0.2) is 22.7 Å². The minimum Gasteiger partial charge on any atom is -0.463 e. The summed E-state index contributed by atoms with van der Waals surface area (Å²) in [7, 11) is 0. The van der Waals surface area contributed by atoms with E-state index >= 15 is 0 Å². The summed E-state index contributed by atoms with van der Waals surface area (Å²) in [4.78, 5) is 11.2. The van der Waals surface area contributed by atoms with Crippen LogP contribution in [-0.4, -0.2) is 12.6 Å². The number of rotatable bonds is 3. The van der Waals surface area contributed by atoms with Crippen LogP contribution in [0, 0.1) is 13.8 Å². The molecule has 0 aliphatic rings. The number of carbonyl (C=O) groups is 1. The number of ether oxygens (including phenoxy) is 1. The highest BCUT2D eigenvalue weighted by molar-refractivity contribution is 9.10. The molecule has 0 fully saturated rings. The molecule has 0 unspecified atom stereocenters. The van der Waals surface area contributed by atoms with Gasteiger partial charge in [-0.2, -0.15) is 0 Å². The van der Waals surface area contributed by atoms with Crippen molar-refractivity contribution in [3.05, 3.63) is 39.4 Å². The van der Waals surface area contributed by atoms with E-state index in [2.05, 4.69) is 15.9 Å². The van der Waals surface area contributed by atoms with E-state index in [1.165, 1.54) is 6.08 Å². The molecule has 0 aliphatic heterocycles. The number of benzene rings is 1. The quantitative estimate of drug-likeness (QED) is 0.625. The highest BCUT2D eigenvalue weighted by Gasteiger charge is 2.02. The van der Waals surface area contributed by atoms with Crippen molar-refractivity contribution in [3.8, 4) is 0 Å². The Kier molecular flexibility index (Phi) is 4.74. The van der Waals surface area contributed by atoms with E-state index in [0.717, 1.165) is 21.2 Å². The molecule has 1 rings (SSSR count). The Hall–Kier alpha value is -1.09. The van der Waals surface area contributed by atoms with Gasteiger partial charge in [0.1, 0.15) is 0 Å². The summed E-state index contributed by atoms with van der Waals surface area (Å²) >= 11 is 3.44. The largest absolute Gasteiger partial charge is 0.463 e. The van der Waals surface area contributed by atoms with Gasteiger partial charge in [0.05, 0.1) is 6.61 Å². The first-order valence-electron chi connectivity index (χ1n) is 5.16. The van der Waals surface area contributed by atoms with E-state index in [9.17, 15) is 4.79 Å². The fourth-order valence-corrected chi connectivity index (χ4v) is 2.21. The summed E-state index contributed by atoms with van der Waals surface area (Å²) in [6.07, 6.45) is 3.27. The highest BCUT2D eigenvalue weighted by atomic mass is 79.9. The maximum Gasteiger partial charge on any atom is 0.330 e. The fourth-order valence-electron chi connectivity index (χ4n) is 1.53. The minimum atomic E-state index is -0.302. The maximum absolute atomic E-state index is 11.2. The smallest absolute Gasteiger partial charge is 0.330 e. The molecule has 0 amide bonds. The second-order valence-electron chi connectivity index (χ2n) is 3.54. The van der Waals surface area contributed by atoms with E-state index in [4.69, 9.17) is 4.74 Å². The summed E-state index contributed by atoms with van der Waals surface area (Å²) in [5, 5.41) is 0. The minimum absolute atomic E-state index is 0.302. The molecule has 1 aromatic carbocycles. The van der Waals surface area contributed by atoms with Crippen molar-refractivity contribution in [2.24, 2.45) is 0 Å². The molecule has 0 saturated carbocycles. The van der Waals surface area contributed by atoms with Crippen molar-refractivity contribution in [2.75, 3.05) is 6.61 Å². The first-order valence-corrected chi connectivity index (χ1v) is 5.95. The summed E-state index contributed by atoms with van der Waals surface area (Å²) in [5.41, 5.74) is 3.33. The van der Waals surface area contributed by atoms with E-state index in [1.54, 1.807) is 13.0 Å². The van der Waals surface area contributed by atoms with E-state index < -0.39 is 0 Å². The standard InChI is InChI=1S/C13H15BrO2/c1-4-16-13(15)6-5-12-9(2)7-11(14)8-10(12)3/h5-8H,4H2,1-3H3. The van der Waals surface area contributed by atoms with Crippen LogP contribution in [0.25, 0.3) is 6.08 Å². The first kappa shape index (κ1) is 13.0. The van der Waals surface area contributed by atoms with E-state index in [0.29, 0.717) is 6.61 Å². The molecule has 0 radical (unpaired) electrons. The van der Waals surface area contributed by atoms with E-state index in [1.807, 2.05) is 26.0 Å². The average Bonchev–Trinajstić information content (AvgIpc) is 2.16. The molecule has 16 heavy (non-hydrogen) atoms. The van der Waals surface area contributed by atoms with E-state index in [-0.39, 0.29) is 5.97 Å². The van der Waals surface area contributed by atoms with Crippen LogP contribution < -0.4 is 0 Å². The van der Waals surface area contributed by atoms with Crippen LogP contribution in [0.4, 0.5) is 0 Å². The molecule has 0 aliphatic carbocycles. The predicted molar refractivity (Wildman–Crippen MR) is 69.3 cm³/mol. The molecule has 0 heterocycles. The molecule has 0 saturated heterocycles. The lowest BCUT2D eigenvalue weighted by Crippen LogP contribution is -1.99. The Balaban J connectivity index is 2.93. The molecular weight excluding hydrogens is 268 g/mol. The Morgan fingerprint density at radius 1 is 1.38 bits per heavy atom. The molecule has 0 atom stereocenters. The molecule has 0 spiro atoms. The van der Waals surface area contributed by atoms with Gasteiger partial charge in [-0.3, -0.25) is 0 Å². The number of halogens is 1. The lowest BCUT2D eigenvalue weighted by Gasteiger charge is -2.06. The molecule has 1 aromatic rings. The number of hydrogen-bond donors (Lipinski definition) is 0. The second-order valence-corrected chi connectivity index (χ2v) is 4.45. The third-order valence-corrected chi connectivity index (χ3v) is 2.69. The van der Waals surface area contributed by atoms with Gasteiger partial charge in [0.15, 0.2) is 0 Å². The van der Waals surface area contributed by atoms with Gasteiger partial charge >= 0.3 is 5.97 Å². The summed E-state index contributed by atoms with van der Waals surface area (Å²) < 4.78 is 5.88. The van der Waals surface area contributed by atoms with Crippen LogP contribution in [0.1, 0.15) is 23.6 Å². The Labute approximate surface area is 104 Å². The Bertz CT molecular complexity index is 399. The summed E-state index contributed by atoms with van der Waals surface area (Å²) in [5.74, 6) is -0.302. The molecule has 2 nitrogen and oxygen atoms in total. The van der Waals surface area contributed by atoms with Gasteiger partial charge in [-0.1, -0.05) is 15.9 Å². The van der Waals surface area contributed by atoms with Crippen LogP contribution in [0.5, 0.6) is 0 Å². The van der Waals surface area contributed by atoms with Gasteiger partial charge in [0.2, 0.25) is 0 Å². The van der Waals surface area contributed by atoms with Crippen molar-refractivity contribution in [2.45, 2.75) is 20.8 Å². The van der Waals surface area contributed by atoms with Crippen molar-refractivity contribution >= 4 is 28.0 Å². The lowest BCUT2D eigenvalue weighted by atomic mass is 10.0. The zero-order chi connectivity index (χ0) is 12.1. The third kappa shape index (κ3) is 3.49. The highest BCUT2D eigenvalue weighted by Crippen LogP contribution is 2.21. The van der Waals surface area contributed by atoms with Crippen molar-refractivity contribution in [1.29, 1.82) is 0 Å². The Morgan fingerprint density at radius 2 is 1.94 bits per heavy atom. The van der Waals surface area contributed by atoms with Gasteiger partial charge in [-0.15, -0.1) is 0 Å². The Morgan fingerprint density at radius 3 is 2.44 bits per heavy atom. The van der Waals surface area contributed by atoms with Crippen LogP contribution in [0.2, 0.25) is 0 Å². The SMILES string of the molecule is CCOC(=O)C=Cc1c(C)cc(Br)cc1C. The fraction of sp³-hybridized carbons (Fsp3) is 0.308. The zero-order valence-corrected chi connectivity index (χ0v) is 11.3. The molecular formula is C13H15BrO2. The average molecular weight is 283 g/mol. The van der Waals surface area contributed by atoms with Crippen molar-refractivity contribution < 1.29 is 9.53 Å². The molecule has 0 N–H and O–H groups in total. The molecule has 0 aromatic heterocycles. The molecule has 86 valence electrons. The van der Waals surface area contributed by atoms with Gasteiger partial charge in [0, 0.05) is 10.5 Å². The molecule has 3 heteroatoms. The normalized spacial score (nSPS) is 10.8. The number of hydrogen-bond acceptors (Lipinski definition) is 2. The van der Waals surface area contributed by atoms with Crippen LogP contribution in [0.3, 0.4) is 0 Å².